The summed E-state index contributed by atoms with van der Waals surface area (Å²) in [4.78, 5) is 27.8. The average molecular weight is 303 g/mol. The molecule has 0 aliphatic heterocycles. The van der Waals surface area contributed by atoms with Crippen molar-refractivity contribution in [1.82, 2.24) is 10.3 Å². The maximum atomic E-state index is 12.0. The van der Waals surface area contributed by atoms with E-state index in [1.54, 1.807) is 25.2 Å². The largest absolute Gasteiger partial charge is 0.355 e. The molecule has 0 unspecified atom stereocenters. The van der Waals surface area contributed by atoms with Gasteiger partial charge in [-0.3, -0.25) is 9.59 Å². The van der Waals surface area contributed by atoms with Crippen LogP contribution in [0.5, 0.6) is 0 Å². The van der Waals surface area contributed by atoms with Crippen LogP contribution < -0.4 is 10.6 Å². The quantitative estimate of drug-likeness (QED) is 0.910. The number of carbonyl (C=O) groups is 2. The molecule has 0 aliphatic rings. The lowest BCUT2D eigenvalue weighted by molar-refractivity contribution is -0.115. The Morgan fingerprint density at radius 3 is 2.62 bits per heavy atom. The number of benzene rings is 1. The van der Waals surface area contributed by atoms with Gasteiger partial charge in [0.2, 0.25) is 5.91 Å². The van der Waals surface area contributed by atoms with Gasteiger partial charge in [0.25, 0.3) is 5.91 Å². The minimum Gasteiger partial charge on any atom is -0.355 e. The molecular weight excluding hydrogens is 286 g/mol. The van der Waals surface area contributed by atoms with E-state index in [-0.39, 0.29) is 18.2 Å². The third-order valence-corrected chi connectivity index (χ3v) is 3.82. The van der Waals surface area contributed by atoms with Gasteiger partial charge >= 0.3 is 0 Å². The number of rotatable bonds is 4. The van der Waals surface area contributed by atoms with Gasteiger partial charge in [-0.1, -0.05) is 0 Å². The lowest BCUT2D eigenvalue weighted by atomic mass is 10.1. The molecule has 0 spiro atoms. The van der Waals surface area contributed by atoms with Crippen LogP contribution in [0.25, 0.3) is 0 Å². The fraction of sp³-hybridized carbons (Fsp3) is 0.267. The van der Waals surface area contributed by atoms with Crippen molar-refractivity contribution in [1.29, 1.82) is 0 Å². The van der Waals surface area contributed by atoms with Gasteiger partial charge in [0, 0.05) is 23.7 Å². The van der Waals surface area contributed by atoms with E-state index in [0.29, 0.717) is 11.3 Å². The second kappa shape index (κ2) is 6.49. The average Bonchev–Trinajstić information content (AvgIpc) is 2.85. The normalized spacial score (nSPS) is 10.2. The smallest absolute Gasteiger partial charge is 0.251 e. The summed E-state index contributed by atoms with van der Waals surface area (Å²) in [5.74, 6) is -0.259. The number of nitrogens with one attached hydrogen (secondary N) is 2. The monoisotopic (exact) mass is 303 g/mol. The molecule has 2 N–H and O–H groups in total. The predicted octanol–water partition coefficient (Wildman–Crippen LogP) is 2.30. The highest BCUT2D eigenvalue weighted by molar-refractivity contribution is 7.09. The summed E-state index contributed by atoms with van der Waals surface area (Å²) in [5, 5.41) is 8.25. The van der Waals surface area contributed by atoms with Crippen molar-refractivity contribution in [2.24, 2.45) is 0 Å². The molecular formula is C15H17N3O2S. The van der Waals surface area contributed by atoms with Crippen LogP contribution in [0.4, 0.5) is 5.69 Å². The van der Waals surface area contributed by atoms with Gasteiger partial charge in [-0.05, 0) is 37.6 Å². The maximum absolute atomic E-state index is 12.0. The highest BCUT2D eigenvalue weighted by atomic mass is 32.1. The van der Waals surface area contributed by atoms with E-state index in [9.17, 15) is 9.59 Å². The molecule has 2 aromatic rings. The lowest BCUT2D eigenvalue weighted by Gasteiger charge is -2.09. The highest BCUT2D eigenvalue weighted by Gasteiger charge is 2.10. The minimum absolute atomic E-state index is 0.115. The Morgan fingerprint density at radius 2 is 2.05 bits per heavy atom. The summed E-state index contributed by atoms with van der Waals surface area (Å²) in [5.41, 5.74) is 2.90. The second-order valence-electron chi connectivity index (χ2n) is 4.69. The first kappa shape index (κ1) is 15.2. The van der Waals surface area contributed by atoms with Gasteiger partial charge in [-0.25, -0.2) is 4.98 Å². The van der Waals surface area contributed by atoms with Gasteiger partial charge in [-0.15, -0.1) is 11.3 Å². The zero-order valence-electron chi connectivity index (χ0n) is 12.2. The number of anilines is 1. The summed E-state index contributed by atoms with van der Waals surface area (Å²) in [6, 6.07) is 5.18. The number of amides is 2. The Labute approximate surface area is 127 Å². The van der Waals surface area contributed by atoms with Crippen LogP contribution in [-0.2, 0) is 11.2 Å². The third kappa shape index (κ3) is 3.88. The standard InChI is InChI=1S/C15H17N3O2S/c1-9-6-11(15(20)16-3)4-5-13(9)18-14(19)7-12-8-21-10(2)17-12/h4-6,8H,7H2,1-3H3,(H,16,20)(H,18,19). The first-order chi connectivity index (χ1) is 9.99. The van der Waals surface area contributed by atoms with Gasteiger partial charge in [0.1, 0.15) is 0 Å². The molecule has 0 bridgehead atoms. The van der Waals surface area contributed by atoms with Crippen molar-refractivity contribution in [3.8, 4) is 0 Å². The highest BCUT2D eigenvalue weighted by Crippen LogP contribution is 2.17. The molecule has 0 saturated heterocycles. The fourth-order valence-corrected chi connectivity index (χ4v) is 2.55. The lowest BCUT2D eigenvalue weighted by Crippen LogP contribution is -2.19. The molecule has 0 aliphatic carbocycles. The number of aromatic nitrogens is 1. The zero-order valence-corrected chi connectivity index (χ0v) is 13.0. The Kier molecular flexibility index (Phi) is 4.70. The number of hydrogen-bond donors (Lipinski definition) is 2. The molecule has 1 aromatic heterocycles. The molecule has 21 heavy (non-hydrogen) atoms. The molecule has 0 atom stereocenters. The topological polar surface area (TPSA) is 71.1 Å². The van der Waals surface area contributed by atoms with Crippen molar-refractivity contribution in [3.05, 3.63) is 45.4 Å². The van der Waals surface area contributed by atoms with Crippen molar-refractivity contribution in [2.75, 3.05) is 12.4 Å². The predicted molar refractivity (Wildman–Crippen MR) is 83.8 cm³/mol. The van der Waals surface area contributed by atoms with Crippen LogP contribution in [-0.4, -0.2) is 23.8 Å². The Bertz CT molecular complexity index is 679. The second-order valence-corrected chi connectivity index (χ2v) is 5.75. The number of hydrogen-bond acceptors (Lipinski definition) is 4. The van der Waals surface area contributed by atoms with Crippen molar-refractivity contribution < 1.29 is 9.59 Å². The molecule has 1 heterocycles. The fourth-order valence-electron chi connectivity index (χ4n) is 1.94. The molecule has 6 heteroatoms. The zero-order chi connectivity index (χ0) is 15.4. The summed E-state index contributed by atoms with van der Waals surface area (Å²) < 4.78 is 0. The molecule has 110 valence electrons. The van der Waals surface area contributed by atoms with Gasteiger partial charge in [0.15, 0.2) is 0 Å². The van der Waals surface area contributed by atoms with E-state index in [1.807, 2.05) is 19.2 Å². The summed E-state index contributed by atoms with van der Waals surface area (Å²) in [6.45, 7) is 3.77. The molecule has 0 saturated carbocycles. The van der Waals surface area contributed by atoms with Crippen LogP contribution >= 0.6 is 11.3 Å². The summed E-state index contributed by atoms with van der Waals surface area (Å²) in [6.07, 6.45) is 0.251. The Morgan fingerprint density at radius 1 is 1.29 bits per heavy atom. The van der Waals surface area contributed by atoms with Gasteiger partial charge in [-0.2, -0.15) is 0 Å². The van der Waals surface area contributed by atoms with E-state index in [2.05, 4.69) is 15.6 Å². The van der Waals surface area contributed by atoms with Crippen LogP contribution in [0.3, 0.4) is 0 Å². The van der Waals surface area contributed by atoms with E-state index >= 15 is 0 Å². The number of thiazole rings is 1. The minimum atomic E-state index is -0.145. The van der Waals surface area contributed by atoms with Gasteiger partial charge < -0.3 is 10.6 Å². The first-order valence-corrected chi connectivity index (χ1v) is 7.41. The SMILES string of the molecule is CNC(=O)c1ccc(NC(=O)Cc2csc(C)n2)c(C)c1. The van der Waals surface area contributed by atoms with E-state index in [4.69, 9.17) is 0 Å². The van der Waals surface area contributed by atoms with Crippen molar-refractivity contribution >= 4 is 28.8 Å². The Balaban J connectivity index is 2.05. The van der Waals surface area contributed by atoms with Crippen LogP contribution in [0, 0.1) is 13.8 Å². The van der Waals surface area contributed by atoms with Gasteiger partial charge in [0.05, 0.1) is 17.1 Å². The van der Waals surface area contributed by atoms with Crippen molar-refractivity contribution in [2.45, 2.75) is 20.3 Å². The first-order valence-electron chi connectivity index (χ1n) is 6.53. The van der Waals surface area contributed by atoms with E-state index in [0.717, 1.165) is 16.3 Å². The summed E-state index contributed by atoms with van der Waals surface area (Å²) in [7, 11) is 1.59. The third-order valence-electron chi connectivity index (χ3n) is 3.00. The summed E-state index contributed by atoms with van der Waals surface area (Å²) >= 11 is 1.53. The molecule has 5 nitrogen and oxygen atoms in total. The van der Waals surface area contributed by atoms with Crippen LogP contribution in [0.1, 0.15) is 26.6 Å². The maximum Gasteiger partial charge on any atom is 0.251 e. The number of nitrogens with zero attached hydrogens (tertiary/aromatic N) is 1. The number of carbonyl (C=O) groups excluding carboxylic acids is 2. The Hall–Kier alpha value is -2.21. The van der Waals surface area contributed by atoms with E-state index in [1.165, 1.54) is 11.3 Å². The van der Waals surface area contributed by atoms with E-state index < -0.39 is 0 Å². The molecule has 2 rings (SSSR count). The number of aryl methyl sites for hydroxylation is 2. The molecule has 0 radical (unpaired) electrons. The van der Waals surface area contributed by atoms with Crippen molar-refractivity contribution in [3.63, 3.8) is 0 Å². The molecule has 1 aromatic carbocycles. The van der Waals surface area contributed by atoms with Crippen LogP contribution in [0.15, 0.2) is 23.6 Å². The van der Waals surface area contributed by atoms with Crippen LogP contribution in [0.2, 0.25) is 0 Å². The molecule has 0 fully saturated rings. The molecule has 2 amide bonds.